The highest BCUT2D eigenvalue weighted by molar-refractivity contribution is 5.94. The molecule has 1 aromatic carbocycles. The van der Waals surface area contributed by atoms with Crippen LogP contribution in [0.1, 0.15) is 62.8 Å². The molecule has 0 saturated carbocycles. The first-order valence-electron chi connectivity index (χ1n) is 26.0. The predicted octanol–water partition coefficient (Wildman–Crippen LogP) is 6.95. The molecule has 17 nitrogen and oxygen atoms in total. The Morgan fingerprint density at radius 1 is 1.00 bits per heavy atom. The molecule has 2 aliphatic rings. The molecule has 410 valence electrons. The monoisotopic (exact) mass is 1060 g/mol. The van der Waals surface area contributed by atoms with Crippen molar-refractivity contribution in [1.29, 1.82) is 0 Å². The van der Waals surface area contributed by atoms with Gasteiger partial charge >= 0.3 is 6.18 Å². The average Bonchev–Trinajstić information content (AvgIpc) is 4.00. The second-order valence-electron chi connectivity index (χ2n) is 18.8. The summed E-state index contributed by atoms with van der Waals surface area (Å²) in [6, 6.07) is 11.9. The number of ether oxygens (including phenoxy) is 4. The minimum absolute atomic E-state index is 0.00903. The number of halogens is 4. The van der Waals surface area contributed by atoms with E-state index in [0.717, 1.165) is 76.5 Å². The fourth-order valence-electron chi connectivity index (χ4n) is 9.21. The second kappa shape index (κ2) is 28.3. The van der Waals surface area contributed by atoms with Crippen molar-refractivity contribution in [2.45, 2.75) is 89.9 Å². The van der Waals surface area contributed by atoms with Crippen LogP contribution in [0.3, 0.4) is 0 Å². The van der Waals surface area contributed by atoms with E-state index in [-0.39, 0.29) is 30.7 Å². The largest absolute Gasteiger partial charge is 0.496 e. The molecule has 5 N–H and O–H groups in total. The van der Waals surface area contributed by atoms with Crippen LogP contribution in [-0.2, 0) is 43.3 Å². The highest BCUT2D eigenvalue weighted by atomic mass is 19.4. The maximum atomic E-state index is 14.9. The van der Waals surface area contributed by atoms with Crippen LogP contribution in [0.5, 0.6) is 0 Å². The van der Waals surface area contributed by atoms with E-state index in [0.29, 0.717) is 100 Å². The molecule has 0 radical (unpaired) electrons. The molecule has 6 heterocycles. The van der Waals surface area contributed by atoms with E-state index in [1.165, 1.54) is 0 Å². The molecule has 2 saturated heterocycles. The lowest BCUT2D eigenvalue weighted by atomic mass is 9.99. The van der Waals surface area contributed by atoms with Crippen LogP contribution >= 0.6 is 0 Å². The number of nitrogens with one attached hydrogen (secondary N) is 4. The molecular weight excluding hydrogens is 987 g/mol. The number of piperidine rings is 2. The maximum Gasteiger partial charge on any atom is 0.406 e. The van der Waals surface area contributed by atoms with Gasteiger partial charge in [0, 0.05) is 89.9 Å². The molecule has 0 aliphatic carbocycles. The number of hydrogen-bond acceptors (Lipinski definition) is 13. The third kappa shape index (κ3) is 16.8. The number of amides is 1. The number of aryl methyl sites for hydroxylation is 1. The molecule has 7 rings (SSSR count). The molecule has 76 heavy (non-hydrogen) atoms. The molecule has 0 spiro atoms. The van der Waals surface area contributed by atoms with Crippen molar-refractivity contribution < 1.29 is 51.2 Å². The zero-order chi connectivity index (χ0) is 53.9. The van der Waals surface area contributed by atoms with Crippen LogP contribution in [0, 0.1) is 11.8 Å². The van der Waals surface area contributed by atoms with Gasteiger partial charge in [0.25, 0.3) is 0 Å². The number of benzene rings is 1. The SMILES string of the molecule is C=C/C(=C\C=C(/C)OCCOCCOCCOCCNC(=O)C[C@@H]1CCCCN1c1cc(NCc2ccc[n+](O)c2)n2ncc(CC)c2n1)NCC#Cc1cc2c(N[C@@H]3CCN(C)C[C@@H]3F)cccc2n1CC(F)(F)F. The number of carbonyl (C=O) groups excluding carboxylic acids is 1. The van der Waals surface area contributed by atoms with Crippen molar-refractivity contribution in [2.24, 2.45) is 0 Å². The Hall–Kier alpha value is -6.86. The van der Waals surface area contributed by atoms with E-state index in [1.807, 2.05) is 34.8 Å². The molecule has 0 bridgehead atoms. The number of carbonyl (C=O) groups is 1. The topological polar surface area (TPSA) is 168 Å². The molecule has 4 aromatic heterocycles. The van der Waals surface area contributed by atoms with Gasteiger partial charge in [-0.2, -0.15) is 22.8 Å². The molecule has 21 heteroatoms. The van der Waals surface area contributed by atoms with E-state index in [1.54, 1.807) is 67.9 Å². The van der Waals surface area contributed by atoms with Crippen molar-refractivity contribution in [3.8, 4) is 11.8 Å². The molecule has 2 aliphatic heterocycles. The van der Waals surface area contributed by atoms with Crippen molar-refractivity contribution in [3.05, 3.63) is 114 Å². The number of hydrogen-bond donors (Lipinski definition) is 5. The highest BCUT2D eigenvalue weighted by Crippen LogP contribution is 2.32. The van der Waals surface area contributed by atoms with Gasteiger partial charge in [-0.05, 0) is 94.5 Å². The summed E-state index contributed by atoms with van der Waals surface area (Å²) in [6.45, 7) is 11.8. The smallest absolute Gasteiger partial charge is 0.406 e. The Morgan fingerprint density at radius 3 is 2.54 bits per heavy atom. The Balaban J connectivity index is 0.754. The van der Waals surface area contributed by atoms with Gasteiger partial charge in [-0.25, -0.2) is 9.37 Å². The Labute approximate surface area is 441 Å². The number of allylic oxidation sites excluding steroid dienone is 4. The van der Waals surface area contributed by atoms with Gasteiger partial charge in [0.2, 0.25) is 18.3 Å². The zero-order valence-corrected chi connectivity index (χ0v) is 43.7. The molecule has 1 amide bonds. The first-order valence-corrected chi connectivity index (χ1v) is 26.0. The Kier molecular flexibility index (Phi) is 21.2. The van der Waals surface area contributed by atoms with Crippen LogP contribution in [0.15, 0.2) is 97.3 Å². The van der Waals surface area contributed by atoms with Gasteiger partial charge in [-0.1, -0.05) is 25.5 Å². The van der Waals surface area contributed by atoms with Crippen molar-refractivity contribution in [1.82, 2.24) is 34.7 Å². The fourth-order valence-corrected chi connectivity index (χ4v) is 9.21. The van der Waals surface area contributed by atoms with Gasteiger partial charge < -0.3 is 54.6 Å². The van der Waals surface area contributed by atoms with Gasteiger partial charge in [-0.15, -0.1) is 0 Å². The van der Waals surface area contributed by atoms with E-state index in [9.17, 15) is 27.6 Å². The van der Waals surface area contributed by atoms with E-state index in [2.05, 4.69) is 56.6 Å². The summed E-state index contributed by atoms with van der Waals surface area (Å²) < 4.78 is 82.8. The van der Waals surface area contributed by atoms with Gasteiger partial charge in [0.05, 0.1) is 75.4 Å². The summed E-state index contributed by atoms with van der Waals surface area (Å²) in [6.07, 6.45) is 9.20. The maximum absolute atomic E-state index is 14.9. The number of likely N-dealkylation sites (tertiary alicyclic amines) is 1. The van der Waals surface area contributed by atoms with E-state index < -0.39 is 24.9 Å². The lowest BCUT2D eigenvalue weighted by Gasteiger charge is -2.36. The molecular formula is C55H72F4N11O6+. The number of rotatable bonds is 27. The van der Waals surface area contributed by atoms with Gasteiger partial charge in [0.1, 0.15) is 31.0 Å². The van der Waals surface area contributed by atoms with Crippen LogP contribution in [-0.4, -0.2) is 146 Å². The van der Waals surface area contributed by atoms with Gasteiger partial charge in [0.15, 0.2) is 5.65 Å². The third-order valence-electron chi connectivity index (χ3n) is 13.1. The number of anilines is 3. The molecule has 5 aromatic rings. The number of pyridine rings is 1. The van der Waals surface area contributed by atoms with Crippen molar-refractivity contribution >= 4 is 39.8 Å². The fraction of sp³-hybridized carbons (Fsp3) is 0.491. The minimum atomic E-state index is -4.47. The predicted molar refractivity (Wildman–Crippen MR) is 284 cm³/mol. The van der Waals surface area contributed by atoms with Crippen LogP contribution in [0.25, 0.3) is 16.6 Å². The van der Waals surface area contributed by atoms with E-state index in [4.69, 9.17) is 23.9 Å². The summed E-state index contributed by atoms with van der Waals surface area (Å²) in [5.74, 6) is 8.00. The standard InChI is InChI=1S/C55H71F4N11O6/c1-5-42-36-63-70-51(62-35-41-12-11-22-67(72)37-41)34-52(65-54(42)70)68-23-8-7-13-45(68)33-53(71)61-21-25-73-26-27-74-28-29-75-30-31-76-40(3)17-18-43(6-2)60-20-10-14-44-32-46-48(64-49-19-24-66(4)38-47(49)56)15-9-16-50(46)69(44)39-55(57,58)59/h6,9,11-12,15-18,22,32,34,36-37,45,47,49,60,64H,2,5,7-8,13,19-21,23-31,33,35,38-39H2,1,3-4H3,(H2-,61,62,63,65,71,72)/p+1/b40-17+,43-18+/t45-,47-,49+/m0/s1. The van der Waals surface area contributed by atoms with Crippen molar-refractivity contribution in [3.63, 3.8) is 0 Å². The second-order valence-corrected chi connectivity index (χ2v) is 18.8. The molecule has 3 atom stereocenters. The molecule has 2 fully saturated rings. The summed E-state index contributed by atoms with van der Waals surface area (Å²) in [4.78, 5) is 22.3. The molecule has 0 unspecified atom stereocenters. The zero-order valence-electron chi connectivity index (χ0n) is 43.7. The van der Waals surface area contributed by atoms with Gasteiger partial charge in [-0.3, -0.25) is 10.0 Å². The summed E-state index contributed by atoms with van der Waals surface area (Å²) in [5.41, 5.74) is 4.48. The third-order valence-corrected chi connectivity index (χ3v) is 13.1. The number of aromatic nitrogens is 5. The first kappa shape index (κ1) is 56.9. The van der Waals surface area contributed by atoms with Crippen LogP contribution < -0.4 is 30.9 Å². The van der Waals surface area contributed by atoms with E-state index >= 15 is 0 Å². The summed E-state index contributed by atoms with van der Waals surface area (Å²) in [7, 11) is 1.86. The number of alkyl halides is 4. The van der Waals surface area contributed by atoms with Crippen molar-refractivity contribution in [2.75, 3.05) is 102 Å². The number of nitrogens with zero attached hydrogens (tertiary/aromatic N) is 7. The van der Waals surface area contributed by atoms with Crippen LogP contribution in [0.4, 0.5) is 34.9 Å². The lowest BCUT2D eigenvalue weighted by Crippen LogP contribution is -2.46. The van der Waals surface area contributed by atoms with Crippen LogP contribution in [0.2, 0.25) is 0 Å². The highest BCUT2D eigenvalue weighted by Gasteiger charge is 2.32. The Morgan fingerprint density at radius 2 is 1.79 bits per heavy atom. The first-order chi connectivity index (χ1) is 36.8. The Bertz CT molecular complexity index is 2820. The minimum Gasteiger partial charge on any atom is -0.496 e. The quantitative estimate of drug-likeness (QED) is 0.00699. The normalized spacial score (nSPS) is 17.6. The number of fused-ring (bicyclic) bond motifs is 2. The lowest BCUT2D eigenvalue weighted by molar-refractivity contribution is -0.905. The summed E-state index contributed by atoms with van der Waals surface area (Å²) >= 11 is 0. The summed E-state index contributed by atoms with van der Waals surface area (Å²) in [5, 5.41) is 27.9. The average molecular weight is 1060 g/mol.